The van der Waals surface area contributed by atoms with Gasteiger partial charge in [0.1, 0.15) is 6.54 Å². The quantitative estimate of drug-likeness (QED) is 0.826. The molecule has 2 N–H and O–H groups in total. The lowest BCUT2D eigenvalue weighted by Crippen LogP contribution is -2.54. The highest BCUT2D eigenvalue weighted by molar-refractivity contribution is 5.84. The molecule has 1 saturated carbocycles. The van der Waals surface area contributed by atoms with Crippen LogP contribution in [0.15, 0.2) is 0 Å². The molecule has 0 aromatic carbocycles. The number of carbonyl (C=O) groups is 1. The van der Waals surface area contributed by atoms with Gasteiger partial charge in [0.15, 0.2) is 0 Å². The summed E-state index contributed by atoms with van der Waals surface area (Å²) in [6.07, 6.45) is -3.11. The molecule has 2 fully saturated rings. The number of carbonyl (C=O) groups excluding carboxylic acids is 1. The Morgan fingerprint density at radius 1 is 1.50 bits per heavy atom. The van der Waals surface area contributed by atoms with E-state index < -0.39 is 30.1 Å². The van der Waals surface area contributed by atoms with E-state index in [0.717, 1.165) is 4.90 Å². The molecule has 2 rings (SSSR count). The summed E-state index contributed by atoms with van der Waals surface area (Å²) >= 11 is 0. The van der Waals surface area contributed by atoms with E-state index in [1.807, 2.05) is 0 Å². The lowest BCUT2D eigenvalue weighted by Gasteiger charge is -2.33. The van der Waals surface area contributed by atoms with E-state index in [1.54, 1.807) is 6.92 Å². The van der Waals surface area contributed by atoms with Crippen molar-refractivity contribution in [1.82, 2.24) is 4.90 Å². The number of hydrogen-bond donors (Lipinski definition) is 1. The van der Waals surface area contributed by atoms with E-state index >= 15 is 0 Å². The Balaban J connectivity index is 2.13. The van der Waals surface area contributed by atoms with Gasteiger partial charge in [-0.05, 0) is 19.8 Å². The molecule has 104 valence electrons. The molecular formula is C11H17F3N2O2. The molecule has 1 aliphatic heterocycles. The first-order valence-electron chi connectivity index (χ1n) is 5.95. The number of hydrogen-bond acceptors (Lipinski definition) is 3. The van der Waals surface area contributed by atoms with Crippen LogP contribution in [0.25, 0.3) is 0 Å². The second kappa shape index (κ2) is 4.38. The van der Waals surface area contributed by atoms with Gasteiger partial charge in [-0.25, -0.2) is 0 Å². The van der Waals surface area contributed by atoms with E-state index in [0.29, 0.717) is 12.8 Å². The lowest BCUT2D eigenvalue weighted by molar-refractivity contribution is -0.168. The monoisotopic (exact) mass is 266 g/mol. The Kier molecular flexibility index (Phi) is 3.31. The van der Waals surface area contributed by atoms with Crippen LogP contribution in [0.2, 0.25) is 0 Å². The van der Waals surface area contributed by atoms with Gasteiger partial charge in [0.05, 0.1) is 18.6 Å². The molecule has 0 bridgehead atoms. The minimum Gasteiger partial charge on any atom is -0.379 e. The average Bonchev–Trinajstić information content (AvgIpc) is 3.02. The van der Waals surface area contributed by atoms with Crippen LogP contribution in [-0.2, 0) is 9.53 Å². The predicted octanol–water partition coefficient (Wildman–Crippen LogP) is 0.903. The number of rotatable bonds is 3. The summed E-state index contributed by atoms with van der Waals surface area (Å²) in [5.41, 5.74) is 4.75. The normalized spacial score (nSPS) is 32.6. The smallest absolute Gasteiger partial charge is 0.379 e. The fraction of sp³-hybridized carbons (Fsp3) is 0.909. The first-order chi connectivity index (χ1) is 8.24. The van der Waals surface area contributed by atoms with Crippen molar-refractivity contribution < 1.29 is 22.7 Å². The van der Waals surface area contributed by atoms with Crippen molar-refractivity contribution >= 4 is 5.91 Å². The highest BCUT2D eigenvalue weighted by Crippen LogP contribution is 2.36. The zero-order chi connectivity index (χ0) is 13.6. The summed E-state index contributed by atoms with van der Waals surface area (Å²) in [6, 6.07) is -0.830. The van der Waals surface area contributed by atoms with Gasteiger partial charge in [-0.1, -0.05) is 0 Å². The lowest BCUT2D eigenvalue weighted by atomic mass is 9.84. The fourth-order valence-corrected chi connectivity index (χ4v) is 2.18. The van der Waals surface area contributed by atoms with Crippen LogP contribution >= 0.6 is 0 Å². The van der Waals surface area contributed by atoms with Gasteiger partial charge in [-0.2, -0.15) is 13.2 Å². The van der Waals surface area contributed by atoms with Gasteiger partial charge >= 0.3 is 6.18 Å². The number of amides is 1. The Labute approximate surface area is 103 Å². The summed E-state index contributed by atoms with van der Waals surface area (Å²) < 4.78 is 42.6. The molecule has 1 saturated heterocycles. The minimum atomic E-state index is -4.38. The Morgan fingerprint density at radius 3 is 2.50 bits per heavy atom. The van der Waals surface area contributed by atoms with Crippen molar-refractivity contribution in [1.29, 1.82) is 0 Å². The Morgan fingerprint density at radius 2 is 2.11 bits per heavy atom. The third-order valence-electron chi connectivity index (χ3n) is 3.60. The Hall–Kier alpha value is -0.820. The third-order valence-corrected chi connectivity index (χ3v) is 3.60. The fourth-order valence-electron chi connectivity index (χ4n) is 2.18. The highest BCUT2D eigenvalue weighted by Gasteiger charge is 2.51. The van der Waals surface area contributed by atoms with E-state index in [4.69, 9.17) is 10.5 Å². The number of alkyl halides is 3. The summed E-state index contributed by atoms with van der Waals surface area (Å²) in [4.78, 5) is 13.2. The average molecular weight is 266 g/mol. The molecule has 2 aliphatic rings. The van der Waals surface area contributed by atoms with Crippen LogP contribution in [0.5, 0.6) is 0 Å². The third kappa shape index (κ3) is 2.61. The SMILES string of the molecule is CC1(C(=O)N(CC(F)(F)F)C2CC2)COCC1N. The van der Waals surface area contributed by atoms with Gasteiger partial charge in [0.25, 0.3) is 0 Å². The van der Waals surface area contributed by atoms with Crippen LogP contribution in [0.4, 0.5) is 13.2 Å². The highest BCUT2D eigenvalue weighted by atomic mass is 19.4. The standard InChI is InChI=1S/C11H17F3N2O2/c1-10(6-18-4-8(10)15)9(17)16(7-2-3-7)5-11(12,13)14/h7-8H,2-6,15H2,1H3. The molecular weight excluding hydrogens is 249 g/mol. The van der Waals surface area contributed by atoms with Crippen molar-refractivity contribution in [2.75, 3.05) is 19.8 Å². The molecule has 1 aliphatic carbocycles. The molecule has 1 amide bonds. The first-order valence-corrected chi connectivity index (χ1v) is 5.95. The van der Waals surface area contributed by atoms with Gasteiger partial charge in [0.2, 0.25) is 5.91 Å². The van der Waals surface area contributed by atoms with E-state index in [9.17, 15) is 18.0 Å². The van der Waals surface area contributed by atoms with Crippen molar-refractivity contribution in [2.24, 2.45) is 11.1 Å². The van der Waals surface area contributed by atoms with Gasteiger partial charge in [-0.3, -0.25) is 4.79 Å². The van der Waals surface area contributed by atoms with Crippen LogP contribution < -0.4 is 5.73 Å². The summed E-state index contributed by atoms with van der Waals surface area (Å²) in [5.74, 6) is -0.535. The predicted molar refractivity (Wildman–Crippen MR) is 57.7 cm³/mol. The van der Waals surface area contributed by atoms with Crippen molar-refractivity contribution in [3.63, 3.8) is 0 Å². The largest absolute Gasteiger partial charge is 0.406 e. The van der Waals surface area contributed by atoms with E-state index in [1.165, 1.54) is 0 Å². The van der Waals surface area contributed by atoms with Gasteiger partial charge in [0, 0.05) is 12.1 Å². The molecule has 0 aromatic rings. The molecule has 0 spiro atoms. The van der Waals surface area contributed by atoms with Crippen LogP contribution in [0.1, 0.15) is 19.8 Å². The molecule has 4 nitrogen and oxygen atoms in total. The molecule has 7 heteroatoms. The van der Waals surface area contributed by atoms with Gasteiger partial charge < -0.3 is 15.4 Å². The van der Waals surface area contributed by atoms with Crippen molar-refractivity contribution in [2.45, 2.75) is 38.0 Å². The van der Waals surface area contributed by atoms with E-state index in [-0.39, 0.29) is 19.3 Å². The Bertz CT molecular complexity index is 344. The molecule has 18 heavy (non-hydrogen) atoms. The van der Waals surface area contributed by atoms with Crippen LogP contribution in [0.3, 0.4) is 0 Å². The molecule has 0 aromatic heterocycles. The molecule has 1 heterocycles. The maximum atomic E-state index is 12.5. The molecule has 2 unspecified atom stereocenters. The van der Waals surface area contributed by atoms with Crippen molar-refractivity contribution in [3.05, 3.63) is 0 Å². The van der Waals surface area contributed by atoms with E-state index in [2.05, 4.69) is 0 Å². The van der Waals surface area contributed by atoms with Crippen LogP contribution in [0, 0.1) is 5.41 Å². The summed E-state index contributed by atoms with van der Waals surface area (Å²) in [7, 11) is 0. The van der Waals surface area contributed by atoms with Crippen LogP contribution in [-0.4, -0.2) is 48.8 Å². The second-order valence-corrected chi connectivity index (χ2v) is 5.32. The molecule has 2 atom stereocenters. The zero-order valence-electron chi connectivity index (χ0n) is 10.2. The van der Waals surface area contributed by atoms with Crippen molar-refractivity contribution in [3.8, 4) is 0 Å². The maximum absolute atomic E-state index is 12.5. The number of halogens is 3. The minimum absolute atomic E-state index is 0.0913. The topological polar surface area (TPSA) is 55.6 Å². The first kappa shape index (κ1) is 13.6. The second-order valence-electron chi connectivity index (χ2n) is 5.32. The van der Waals surface area contributed by atoms with Gasteiger partial charge in [-0.15, -0.1) is 0 Å². The maximum Gasteiger partial charge on any atom is 0.406 e. The number of nitrogens with zero attached hydrogens (tertiary/aromatic N) is 1. The summed E-state index contributed by atoms with van der Waals surface area (Å²) in [6.45, 7) is 0.693. The molecule has 0 radical (unpaired) electrons. The zero-order valence-corrected chi connectivity index (χ0v) is 10.2. The summed E-state index contributed by atoms with van der Waals surface area (Å²) in [5, 5.41) is 0. The number of nitrogens with two attached hydrogens (primary N) is 1. The number of ether oxygens (including phenoxy) is 1.